The monoisotopic (exact) mass is 302 g/mol. The van der Waals surface area contributed by atoms with E-state index >= 15 is 0 Å². The number of carboxylic acid groups (broad SMARTS) is 1. The van der Waals surface area contributed by atoms with Crippen LogP contribution in [0.25, 0.3) is 0 Å². The molecule has 0 aromatic heterocycles. The molecule has 21 heavy (non-hydrogen) atoms. The van der Waals surface area contributed by atoms with Crippen molar-refractivity contribution in [2.45, 2.75) is 77.7 Å². The van der Waals surface area contributed by atoms with Gasteiger partial charge in [0.1, 0.15) is 0 Å². The van der Waals surface area contributed by atoms with Gasteiger partial charge in [0.05, 0.1) is 12.7 Å². The second-order valence-electron chi connectivity index (χ2n) is 5.35. The van der Waals surface area contributed by atoms with Gasteiger partial charge >= 0.3 is 11.9 Å². The molecule has 0 aliphatic heterocycles. The molecule has 0 rings (SSSR count). The summed E-state index contributed by atoms with van der Waals surface area (Å²) in [4.78, 5) is 21.7. The van der Waals surface area contributed by atoms with Crippen LogP contribution in [0.4, 0.5) is 0 Å². The number of carbonyl (C=O) groups excluding carboxylic acids is 1. The highest BCUT2D eigenvalue weighted by Gasteiger charge is 2.05. The molecule has 0 amide bonds. The Morgan fingerprint density at radius 2 is 1.71 bits per heavy atom. The highest BCUT2D eigenvalue weighted by Crippen LogP contribution is 2.07. The van der Waals surface area contributed by atoms with Crippen molar-refractivity contribution in [2.24, 2.45) is 0 Å². The molecule has 1 atom stereocenters. The summed E-state index contributed by atoms with van der Waals surface area (Å²) in [7, 11) is 0. The molecule has 0 fully saturated rings. The summed E-state index contributed by atoms with van der Waals surface area (Å²) < 4.78 is 10.7. The number of rotatable bonds is 14. The van der Waals surface area contributed by atoms with E-state index in [4.69, 9.17) is 14.6 Å². The quantitative estimate of drug-likeness (QED) is 0.392. The molecule has 124 valence electrons. The maximum atomic E-state index is 11.4. The largest absolute Gasteiger partial charge is 0.481 e. The minimum atomic E-state index is -0.821. The lowest BCUT2D eigenvalue weighted by atomic mass is 10.2. The Morgan fingerprint density at radius 3 is 2.38 bits per heavy atom. The first-order valence-electron chi connectivity index (χ1n) is 8.05. The molecular weight excluding hydrogens is 272 g/mol. The summed E-state index contributed by atoms with van der Waals surface area (Å²) in [6, 6.07) is 0. The van der Waals surface area contributed by atoms with Gasteiger partial charge in [-0.15, -0.1) is 0 Å². The van der Waals surface area contributed by atoms with Gasteiger partial charge in [0.25, 0.3) is 0 Å². The Kier molecular flexibility index (Phi) is 13.1. The first kappa shape index (κ1) is 19.9. The lowest BCUT2D eigenvalue weighted by Gasteiger charge is -2.12. The van der Waals surface area contributed by atoms with Crippen LogP contribution < -0.4 is 0 Å². The molecule has 0 aliphatic carbocycles. The number of hydrogen-bond donors (Lipinski definition) is 1. The molecule has 0 saturated heterocycles. The fourth-order valence-electron chi connectivity index (χ4n) is 1.85. The number of carbonyl (C=O) groups is 2. The highest BCUT2D eigenvalue weighted by atomic mass is 16.5. The van der Waals surface area contributed by atoms with Gasteiger partial charge in [0.2, 0.25) is 0 Å². The van der Waals surface area contributed by atoms with E-state index in [0.29, 0.717) is 25.9 Å². The van der Waals surface area contributed by atoms with Crippen LogP contribution in [-0.4, -0.2) is 36.4 Å². The van der Waals surface area contributed by atoms with Gasteiger partial charge in [0, 0.05) is 19.4 Å². The number of ether oxygens (including phenoxy) is 2. The zero-order valence-electron chi connectivity index (χ0n) is 13.4. The number of carboxylic acids is 1. The summed E-state index contributed by atoms with van der Waals surface area (Å²) in [5, 5.41) is 8.47. The zero-order valence-corrected chi connectivity index (χ0v) is 13.4. The van der Waals surface area contributed by atoms with Gasteiger partial charge in [-0.25, -0.2) is 0 Å². The van der Waals surface area contributed by atoms with E-state index in [1.54, 1.807) is 0 Å². The second kappa shape index (κ2) is 13.9. The van der Waals surface area contributed by atoms with Crippen LogP contribution in [0.2, 0.25) is 0 Å². The lowest BCUT2D eigenvalue weighted by molar-refractivity contribution is -0.144. The second-order valence-corrected chi connectivity index (χ2v) is 5.35. The molecule has 0 radical (unpaired) electrons. The summed E-state index contributed by atoms with van der Waals surface area (Å²) in [6.45, 7) is 5.48. The van der Waals surface area contributed by atoms with Crippen LogP contribution in [0.5, 0.6) is 0 Å². The van der Waals surface area contributed by atoms with Crippen molar-refractivity contribution in [2.75, 3.05) is 13.2 Å². The Hall–Kier alpha value is -1.10. The lowest BCUT2D eigenvalue weighted by Crippen LogP contribution is -2.10. The third-order valence-electron chi connectivity index (χ3n) is 3.19. The Morgan fingerprint density at radius 1 is 1.00 bits per heavy atom. The van der Waals surface area contributed by atoms with Crippen molar-refractivity contribution in [3.63, 3.8) is 0 Å². The number of aliphatic carboxylic acids is 1. The average molecular weight is 302 g/mol. The number of unbranched alkanes of at least 4 members (excludes halogenated alkanes) is 3. The predicted molar refractivity (Wildman–Crippen MR) is 81.2 cm³/mol. The van der Waals surface area contributed by atoms with E-state index in [9.17, 15) is 9.59 Å². The van der Waals surface area contributed by atoms with Crippen molar-refractivity contribution < 1.29 is 24.2 Å². The summed E-state index contributed by atoms with van der Waals surface area (Å²) in [5.74, 6) is -1.05. The molecule has 1 unspecified atom stereocenters. The number of hydrogen-bond acceptors (Lipinski definition) is 4. The van der Waals surface area contributed by atoms with Crippen molar-refractivity contribution in [3.8, 4) is 0 Å². The fourth-order valence-corrected chi connectivity index (χ4v) is 1.85. The average Bonchev–Trinajstić information content (AvgIpc) is 2.43. The highest BCUT2D eigenvalue weighted by molar-refractivity contribution is 5.69. The molecule has 0 aromatic carbocycles. The standard InChI is InChI=1S/C16H30O5/c1-3-4-12-20-14(2)9-7-8-13-21-16(19)11-6-5-10-15(17)18/h14H,3-13H2,1-2H3,(H,17,18). The molecule has 0 heterocycles. The fraction of sp³-hybridized carbons (Fsp3) is 0.875. The van der Waals surface area contributed by atoms with Crippen molar-refractivity contribution in [3.05, 3.63) is 0 Å². The topological polar surface area (TPSA) is 72.8 Å². The molecule has 1 N–H and O–H groups in total. The summed E-state index contributed by atoms with van der Waals surface area (Å²) in [6.07, 6.45) is 6.86. The first-order valence-corrected chi connectivity index (χ1v) is 8.05. The normalized spacial score (nSPS) is 12.1. The van der Waals surface area contributed by atoms with Crippen molar-refractivity contribution in [1.82, 2.24) is 0 Å². The van der Waals surface area contributed by atoms with Gasteiger partial charge in [0.15, 0.2) is 0 Å². The molecular formula is C16H30O5. The SMILES string of the molecule is CCCCOC(C)CCCCOC(=O)CCCCC(=O)O. The predicted octanol–water partition coefficient (Wildman–Crippen LogP) is 3.55. The van der Waals surface area contributed by atoms with Crippen LogP contribution >= 0.6 is 0 Å². The van der Waals surface area contributed by atoms with Gasteiger partial charge < -0.3 is 14.6 Å². The molecule has 5 nitrogen and oxygen atoms in total. The smallest absolute Gasteiger partial charge is 0.305 e. The van der Waals surface area contributed by atoms with E-state index in [2.05, 4.69) is 13.8 Å². The van der Waals surface area contributed by atoms with E-state index in [0.717, 1.165) is 38.7 Å². The molecule has 0 aromatic rings. The zero-order chi connectivity index (χ0) is 15.9. The van der Waals surface area contributed by atoms with Gasteiger partial charge in [-0.2, -0.15) is 0 Å². The molecule has 0 aliphatic rings. The third kappa shape index (κ3) is 15.1. The van der Waals surface area contributed by atoms with Crippen LogP contribution in [0.1, 0.15) is 71.6 Å². The van der Waals surface area contributed by atoms with Crippen LogP contribution in [0, 0.1) is 0 Å². The summed E-state index contributed by atoms with van der Waals surface area (Å²) in [5.41, 5.74) is 0. The van der Waals surface area contributed by atoms with E-state index in [1.807, 2.05) is 0 Å². The molecule has 0 saturated carbocycles. The Balaban J connectivity index is 3.33. The molecule has 0 spiro atoms. The van der Waals surface area contributed by atoms with Gasteiger partial charge in [-0.3, -0.25) is 9.59 Å². The maximum absolute atomic E-state index is 11.4. The van der Waals surface area contributed by atoms with E-state index in [-0.39, 0.29) is 18.5 Å². The Bertz CT molecular complexity index is 278. The van der Waals surface area contributed by atoms with E-state index in [1.165, 1.54) is 0 Å². The van der Waals surface area contributed by atoms with Crippen LogP contribution in [-0.2, 0) is 19.1 Å². The van der Waals surface area contributed by atoms with Crippen molar-refractivity contribution >= 4 is 11.9 Å². The number of esters is 1. The molecule has 0 bridgehead atoms. The van der Waals surface area contributed by atoms with Gasteiger partial charge in [-0.05, 0) is 45.4 Å². The van der Waals surface area contributed by atoms with E-state index < -0.39 is 5.97 Å². The Labute approximate surface area is 128 Å². The summed E-state index contributed by atoms with van der Waals surface area (Å²) >= 11 is 0. The maximum Gasteiger partial charge on any atom is 0.305 e. The van der Waals surface area contributed by atoms with Crippen LogP contribution in [0.15, 0.2) is 0 Å². The molecule has 5 heteroatoms. The first-order chi connectivity index (χ1) is 10.1. The van der Waals surface area contributed by atoms with Crippen LogP contribution in [0.3, 0.4) is 0 Å². The minimum Gasteiger partial charge on any atom is -0.481 e. The van der Waals surface area contributed by atoms with Crippen molar-refractivity contribution in [1.29, 1.82) is 0 Å². The minimum absolute atomic E-state index is 0.114. The third-order valence-corrected chi connectivity index (χ3v) is 3.19. The van der Waals surface area contributed by atoms with Gasteiger partial charge in [-0.1, -0.05) is 13.3 Å².